The normalized spacial score (nSPS) is 17.3. The molecule has 8 heteroatoms. The van der Waals surface area contributed by atoms with Crippen molar-refractivity contribution >= 4 is 33.4 Å². The fourth-order valence-electron chi connectivity index (χ4n) is 5.55. The van der Waals surface area contributed by atoms with Crippen LogP contribution in [-0.4, -0.2) is 56.8 Å². The Bertz CT molecular complexity index is 1280. The first-order chi connectivity index (χ1) is 18.7. The third-order valence-corrected chi connectivity index (χ3v) is 9.47. The van der Waals surface area contributed by atoms with E-state index in [2.05, 4.69) is 41.8 Å². The van der Waals surface area contributed by atoms with Crippen LogP contribution in [0.4, 0.5) is 11.4 Å². The number of benzene rings is 2. The molecule has 1 fully saturated rings. The van der Waals surface area contributed by atoms with Gasteiger partial charge in [0, 0.05) is 45.2 Å². The molecule has 2 aromatic rings. The minimum Gasteiger partial charge on any atom is -0.380 e. The molecule has 0 spiro atoms. The van der Waals surface area contributed by atoms with E-state index in [4.69, 9.17) is 0 Å². The lowest BCUT2D eigenvalue weighted by Gasteiger charge is -2.38. The van der Waals surface area contributed by atoms with Gasteiger partial charge in [-0.15, -0.1) is 0 Å². The van der Waals surface area contributed by atoms with E-state index in [1.807, 2.05) is 42.2 Å². The van der Waals surface area contributed by atoms with Crippen LogP contribution in [-0.2, 0) is 14.8 Å². The van der Waals surface area contributed by atoms with Crippen molar-refractivity contribution in [1.29, 1.82) is 0 Å². The number of aryl methyl sites for hydroxylation is 1. The molecule has 0 saturated carbocycles. The van der Waals surface area contributed by atoms with Crippen molar-refractivity contribution < 1.29 is 13.2 Å². The van der Waals surface area contributed by atoms with Crippen molar-refractivity contribution in [3.63, 3.8) is 0 Å². The van der Waals surface area contributed by atoms with Crippen molar-refractivity contribution in [1.82, 2.24) is 9.80 Å². The number of anilines is 2. The second kappa shape index (κ2) is 13.0. The number of rotatable bonds is 11. The zero-order valence-corrected chi connectivity index (χ0v) is 24.7. The summed E-state index contributed by atoms with van der Waals surface area (Å²) < 4.78 is 29.4. The number of nitrogens with zero attached hydrogens (tertiary/aromatic N) is 2. The van der Waals surface area contributed by atoms with Gasteiger partial charge >= 0.3 is 0 Å². The predicted octanol–water partition coefficient (Wildman–Crippen LogP) is 6.05. The lowest BCUT2D eigenvalue weighted by atomic mass is 9.99. The summed E-state index contributed by atoms with van der Waals surface area (Å²) in [5.41, 5.74) is 4.11. The molecule has 0 aliphatic carbocycles. The number of piperazine rings is 1. The number of unbranched alkanes of at least 4 members (excludes halogenated alkanes) is 2. The number of para-hydroxylation sites is 1. The summed E-state index contributed by atoms with van der Waals surface area (Å²) in [6.07, 6.45) is 9.35. The monoisotopic (exact) mass is 552 g/mol. The molecule has 7 nitrogen and oxygen atoms in total. The largest absolute Gasteiger partial charge is 0.380 e. The molecule has 2 unspecified atom stereocenters. The number of hydrogen-bond acceptors (Lipinski definition) is 5. The highest BCUT2D eigenvalue weighted by molar-refractivity contribution is 7.92. The SMILES string of the molecule is CCCCCC(C)CC(=O)N1CCN(C(C)c2ccc(NS(=O)(=O)c3cccc4c3NCC=C4)c(C)c2)CC1. The Morgan fingerprint density at radius 3 is 2.56 bits per heavy atom. The molecular formula is C31H44N4O3S. The summed E-state index contributed by atoms with van der Waals surface area (Å²) in [5.74, 6) is 0.727. The Kier molecular flexibility index (Phi) is 9.72. The zero-order valence-electron chi connectivity index (χ0n) is 23.9. The van der Waals surface area contributed by atoms with Crippen LogP contribution in [0, 0.1) is 12.8 Å². The quantitative estimate of drug-likeness (QED) is 0.332. The van der Waals surface area contributed by atoms with Gasteiger partial charge in [-0.1, -0.05) is 75.9 Å². The number of amides is 1. The summed E-state index contributed by atoms with van der Waals surface area (Å²) in [7, 11) is -3.76. The highest BCUT2D eigenvalue weighted by Crippen LogP contribution is 2.32. The molecule has 2 aliphatic heterocycles. The minimum atomic E-state index is -3.76. The minimum absolute atomic E-state index is 0.178. The van der Waals surface area contributed by atoms with Gasteiger partial charge in [0.1, 0.15) is 4.90 Å². The number of carbonyl (C=O) groups is 1. The first-order valence-electron chi connectivity index (χ1n) is 14.4. The molecule has 39 heavy (non-hydrogen) atoms. The van der Waals surface area contributed by atoms with Crippen molar-refractivity contribution in [2.24, 2.45) is 5.92 Å². The van der Waals surface area contributed by atoms with Crippen molar-refractivity contribution in [3.8, 4) is 0 Å². The average molecular weight is 553 g/mol. The molecular weight excluding hydrogens is 508 g/mol. The average Bonchev–Trinajstić information content (AvgIpc) is 2.93. The first-order valence-corrected chi connectivity index (χ1v) is 15.9. The van der Waals surface area contributed by atoms with Gasteiger partial charge in [0.05, 0.1) is 11.4 Å². The van der Waals surface area contributed by atoms with Crippen LogP contribution in [0.15, 0.2) is 47.4 Å². The molecule has 0 aromatic heterocycles. The second-order valence-electron chi connectivity index (χ2n) is 11.1. The van der Waals surface area contributed by atoms with E-state index in [0.717, 1.165) is 49.3 Å². The standard InChI is InChI=1S/C31H44N4O3S/c1-5-6-7-10-23(2)21-30(36)35-19-17-34(18-20-35)25(4)27-14-15-28(24(3)22-27)33-39(37,38)29-13-8-11-26-12-9-16-32-31(26)29/h8-9,11-15,22-23,25,32-33H,5-7,10,16-21H2,1-4H3. The molecule has 2 aliphatic rings. The fraction of sp³-hybridized carbons (Fsp3) is 0.516. The fourth-order valence-corrected chi connectivity index (χ4v) is 6.89. The summed E-state index contributed by atoms with van der Waals surface area (Å²) in [6.45, 7) is 12.3. The molecule has 1 saturated heterocycles. The van der Waals surface area contributed by atoms with Gasteiger partial charge in [-0.05, 0) is 48.6 Å². The third kappa shape index (κ3) is 7.22. The summed E-state index contributed by atoms with van der Waals surface area (Å²) in [6, 6.07) is 11.4. The number of hydrogen-bond donors (Lipinski definition) is 2. The van der Waals surface area contributed by atoms with Gasteiger partial charge in [0.25, 0.3) is 10.0 Å². The second-order valence-corrected chi connectivity index (χ2v) is 12.7. The molecule has 2 aromatic carbocycles. The Morgan fingerprint density at radius 2 is 1.85 bits per heavy atom. The van der Waals surface area contributed by atoms with Crippen LogP contribution >= 0.6 is 0 Å². The van der Waals surface area contributed by atoms with Crippen molar-refractivity contribution in [2.75, 3.05) is 42.8 Å². The van der Waals surface area contributed by atoms with Crippen molar-refractivity contribution in [2.45, 2.75) is 70.7 Å². The summed E-state index contributed by atoms with van der Waals surface area (Å²) in [5, 5.41) is 3.19. The molecule has 4 rings (SSSR count). The maximum absolute atomic E-state index is 13.3. The van der Waals surface area contributed by atoms with Gasteiger partial charge in [0.15, 0.2) is 0 Å². The van der Waals surface area contributed by atoms with E-state index in [1.165, 1.54) is 19.3 Å². The number of sulfonamides is 1. The van der Waals surface area contributed by atoms with Gasteiger partial charge in [-0.25, -0.2) is 8.42 Å². The van der Waals surface area contributed by atoms with Gasteiger partial charge in [-0.3, -0.25) is 14.4 Å². The van der Waals surface area contributed by atoms with Gasteiger partial charge in [-0.2, -0.15) is 0 Å². The predicted molar refractivity (Wildman–Crippen MR) is 160 cm³/mol. The highest BCUT2D eigenvalue weighted by atomic mass is 32.2. The number of carbonyl (C=O) groups excluding carboxylic acids is 1. The summed E-state index contributed by atoms with van der Waals surface area (Å²) >= 11 is 0. The van der Waals surface area contributed by atoms with Crippen LogP contribution in [0.1, 0.15) is 75.6 Å². The van der Waals surface area contributed by atoms with Gasteiger partial charge in [0.2, 0.25) is 5.91 Å². The lowest BCUT2D eigenvalue weighted by molar-refractivity contribution is -0.134. The highest BCUT2D eigenvalue weighted by Gasteiger charge is 2.26. The van der Waals surface area contributed by atoms with Gasteiger partial charge < -0.3 is 10.2 Å². The zero-order chi connectivity index (χ0) is 28.0. The Hall–Kier alpha value is -2.84. The molecule has 2 atom stereocenters. The Balaban J connectivity index is 1.35. The molecule has 2 heterocycles. The maximum Gasteiger partial charge on any atom is 0.263 e. The molecule has 0 radical (unpaired) electrons. The van der Waals surface area contributed by atoms with E-state index in [-0.39, 0.29) is 16.8 Å². The number of fused-ring (bicyclic) bond motifs is 1. The molecule has 2 N–H and O–H groups in total. The van der Waals surface area contributed by atoms with Crippen LogP contribution in [0.3, 0.4) is 0 Å². The van der Waals surface area contributed by atoms with E-state index in [1.54, 1.807) is 12.1 Å². The third-order valence-electron chi connectivity index (χ3n) is 8.06. The molecule has 1 amide bonds. The Labute approximate surface area is 234 Å². The van der Waals surface area contributed by atoms with Crippen molar-refractivity contribution in [3.05, 3.63) is 59.2 Å². The van der Waals surface area contributed by atoms with E-state index in [9.17, 15) is 13.2 Å². The van der Waals surface area contributed by atoms with Crippen LogP contribution in [0.25, 0.3) is 6.08 Å². The Morgan fingerprint density at radius 1 is 1.08 bits per heavy atom. The number of nitrogens with one attached hydrogen (secondary N) is 2. The molecule has 212 valence electrons. The van der Waals surface area contributed by atoms with Crippen LogP contribution in [0.5, 0.6) is 0 Å². The molecule has 0 bridgehead atoms. The topological polar surface area (TPSA) is 81.8 Å². The lowest BCUT2D eigenvalue weighted by Crippen LogP contribution is -2.49. The smallest absolute Gasteiger partial charge is 0.263 e. The first kappa shape index (κ1) is 29.2. The van der Waals surface area contributed by atoms with E-state index < -0.39 is 10.0 Å². The maximum atomic E-state index is 13.3. The van der Waals surface area contributed by atoms with Crippen LogP contribution < -0.4 is 10.0 Å². The van der Waals surface area contributed by atoms with Crippen LogP contribution in [0.2, 0.25) is 0 Å². The van der Waals surface area contributed by atoms with E-state index >= 15 is 0 Å². The van der Waals surface area contributed by atoms with E-state index in [0.29, 0.717) is 30.3 Å². The summed E-state index contributed by atoms with van der Waals surface area (Å²) in [4.78, 5) is 17.5.